The molecular weight excluding hydrogens is 267 g/mol. The van der Waals surface area contributed by atoms with Gasteiger partial charge in [-0.05, 0) is 56.7 Å². The second-order valence-corrected chi connectivity index (χ2v) is 5.18. The van der Waals surface area contributed by atoms with Crippen LogP contribution in [0.25, 0.3) is 0 Å². The van der Waals surface area contributed by atoms with Gasteiger partial charge in [0.25, 0.3) is 0 Å². The van der Waals surface area contributed by atoms with Gasteiger partial charge in [0.05, 0.1) is 0 Å². The lowest BCUT2D eigenvalue weighted by Gasteiger charge is -2.16. The number of halogens is 1. The topological polar surface area (TPSA) is 41.1 Å². The molecule has 0 aliphatic rings. The highest BCUT2D eigenvalue weighted by molar-refractivity contribution is 5.96. The van der Waals surface area contributed by atoms with E-state index in [1.54, 1.807) is 19.1 Å². The van der Waals surface area contributed by atoms with E-state index in [2.05, 4.69) is 10.6 Å². The molecule has 2 rings (SSSR count). The Hall–Kier alpha value is -2.36. The fourth-order valence-electron chi connectivity index (χ4n) is 2.06. The summed E-state index contributed by atoms with van der Waals surface area (Å²) in [6, 6.07) is 11.4. The standard InChI is InChI=1S/C17H19FN2O/c1-11-4-9-16(12(2)10-11)20-17(21)13(3)19-15-7-5-14(18)6-8-15/h4-10,13,19H,1-3H3,(H,20,21). The first-order valence-corrected chi connectivity index (χ1v) is 6.86. The minimum Gasteiger partial charge on any atom is -0.374 e. The van der Waals surface area contributed by atoms with Crippen LogP contribution in [-0.2, 0) is 4.79 Å². The number of carbonyl (C=O) groups is 1. The number of hydrogen-bond donors (Lipinski definition) is 2. The fourth-order valence-corrected chi connectivity index (χ4v) is 2.06. The summed E-state index contributed by atoms with van der Waals surface area (Å²) >= 11 is 0. The van der Waals surface area contributed by atoms with Crippen molar-refractivity contribution in [3.8, 4) is 0 Å². The van der Waals surface area contributed by atoms with Crippen LogP contribution in [0.15, 0.2) is 42.5 Å². The predicted octanol–water partition coefficient (Wildman–Crippen LogP) is 3.88. The summed E-state index contributed by atoms with van der Waals surface area (Å²) in [5, 5.41) is 5.93. The van der Waals surface area contributed by atoms with Gasteiger partial charge in [0.2, 0.25) is 5.91 Å². The van der Waals surface area contributed by atoms with Crippen molar-refractivity contribution >= 4 is 17.3 Å². The molecule has 2 aromatic carbocycles. The fraction of sp³-hybridized carbons (Fsp3) is 0.235. The quantitative estimate of drug-likeness (QED) is 0.895. The van der Waals surface area contributed by atoms with Crippen LogP contribution in [0.4, 0.5) is 15.8 Å². The van der Waals surface area contributed by atoms with E-state index in [1.807, 2.05) is 32.0 Å². The van der Waals surface area contributed by atoms with Crippen LogP contribution in [0.1, 0.15) is 18.1 Å². The third-order valence-electron chi connectivity index (χ3n) is 3.26. The molecule has 2 aromatic rings. The zero-order chi connectivity index (χ0) is 15.4. The largest absolute Gasteiger partial charge is 0.374 e. The third kappa shape index (κ3) is 4.05. The van der Waals surface area contributed by atoms with Crippen LogP contribution >= 0.6 is 0 Å². The molecule has 0 aromatic heterocycles. The maximum atomic E-state index is 12.8. The van der Waals surface area contributed by atoms with Crippen molar-refractivity contribution in [1.29, 1.82) is 0 Å². The van der Waals surface area contributed by atoms with Gasteiger partial charge in [-0.2, -0.15) is 0 Å². The van der Waals surface area contributed by atoms with E-state index in [1.165, 1.54) is 12.1 Å². The van der Waals surface area contributed by atoms with Gasteiger partial charge in [0, 0.05) is 11.4 Å². The molecule has 0 aliphatic heterocycles. The maximum Gasteiger partial charge on any atom is 0.246 e. The van der Waals surface area contributed by atoms with Gasteiger partial charge in [0.1, 0.15) is 11.9 Å². The van der Waals surface area contributed by atoms with Crippen LogP contribution in [0.5, 0.6) is 0 Å². The van der Waals surface area contributed by atoms with Crippen molar-refractivity contribution in [2.45, 2.75) is 26.8 Å². The number of amides is 1. The smallest absolute Gasteiger partial charge is 0.246 e. The second-order valence-electron chi connectivity index (χ2n) is 5.18. The van der Waals surface area contributed by atoms with E-state index < -0.39 is 6.04 Å². The molecule has 1 atom stereocenters. The molecule has 0 heterocycles. The Labute approximate surface area is 124 Å². The molecule has 1 unspecified atom stereocenters. The summed E-state index contributed by atoms with van der Waals surface area (Å²) in [4.78, 5) is 12.2. The van der Waals surface area contributed by atoms with Gasteiger partial charge in [-0.3, -0.25) is 4.79 Å². The van der Waals surface area contributed by atoms with Gasteiger partial charge in [-0.25, -0.2) is 4.39 Å². The van der Waals surface area contributed by atoms with Crippen molar-refractivity contribution in [1.82, 2.24) is 0 Å². The number of benzene rings is 2. The Morgan fingerprint density at radius 3 is 2.38 bits per heavy atom. The molecule has 0 spiro atoms. The van der Waals surface area contributed by atoms with Crippen LogP contribution < -0.4 is 10.6 Å². The van der Waals surface area contributed by atoms with Crippen molar-refractivity contribution in [2.75, 3.05) is 10.6 Å². The van der Waals surface area contributed by atoms with Crippen molar-refractivity contribution < 1.29 is 9.18 Å². The molecule has 110 valence electrons. The molecule has 0 radical (unpaired) electrons. The first kappa shape index (κ1) is 15.0. The predicted molar refractivity (Wildman–Crippen MR) is 84.0 cm³/mol. The molecule has 0 bridgehead atoms. The van der Waals surface area contributed by atoms with Gasteiger partial charge in [-0.15, -0.1) is 0 Å². The highest BCUT2D eigenvalue weighted by atomic mass is 19.1. The number of hydrogen-bond acceptors (Lipinski definition) is 2. The molecule has 4 heteroatoms. The van der Waals surface area contributed by atoms with Crippen LogP contribution in [0.3, 0.4) is 0 Å². The summed E-state index contributed by atoms with van der Waals surface area (Å²) in [6.07, 6.45) is 0. The van der Waals surface area contributed by atoms with E-state index in [4.69, 9.17) is 0 Å². The van der Waals surface area contributed by atoms with Crippen LogP contribution in [-0.4, -0.2) is 11.9 Å². The number of carbonyl (C=O) groups excluding carboxylic acids is 1. The Balaban J connectivity index is 2.00. The van der Waals surface area contributed by atoms with Crippen molar-refractivity contribution in [2.24, 2.45) is 0 Å². The van der Waals surface area contributed by atoms with E-state index in [9.17, 15) is 9.18 Å². The number of aryl methyl sites for hydroxylation is 2. The highest BCUT2D eigenvalue weighted by Gasteiger charge is 2.13. The average molecular weight is 286 g/mol. The molecule has 2 N–H and O–H groups in total. The van der Waals surface area contributed by atoms with Gasteiger partial charge < -0.3 is 10.6 Å². The lowest BCUT2D eigenvalue weighted by Crippen LogP contribution is -2.32. The van der Waals surface area contributed by atoms with E-state index >= 15 is 0 Å². The number of anilines is 2. The lowest BCUT2D eigenvalue weighted by atomic mass is 10.1. The Kier molecular flexibility index (Phi) is 4.58. The molecule has 21 heavy (non-hydrogen) atoms. The Morgan fingerprint density at radius 1 is 1.10 bits per heavy atom. The molecule has 1 amide bonds. The summed E-state index contributed by atoms with van der Waals surface area (Å²) in [6.45, 7) is 5.74. The number of nitrogens with one attached hydrogen (secondary N) is 2. The zero-order valence-electron chi connectivity index (χ0n) is 12.4. The van der Waals surface area contributed by atoms with E-state index in [0.717, 1.165) is 16.8 Å². The van der Waals surface area contributed by atoms with E-state index in [-0.39, 0.29) is 11.7 Å². The minimum atomic E-state index is -0.420. The first-order valence-electron chi connectivity index (χ1n) is 6.86. The SMILES string of the molecule is Cc1ccc(NC(=O)C(C)Nc2ccc(F)cc2)c(C)c1. The lowest BCUT2D eigenvalue weighted by molar-refractivity contribution is -0.116. The van der Waals surface area contributed by atoms with Crippen LogP contribution in [0, 0.1) is 19.7 Å². The third-order valence-corrected chi connectivity index (χ3v) is 3.26. The van der Waals surface area contributed by atoms with Gasteiger partial charge >= 0.3 is 0 Å². The van der Waals surface area contributed by atoms with Crippen LogP contribution in [0.2, 0.25) is 0 Å². The van der Waals surface area contributed by atoms with Gasteiger partial charge in [-0.1, -0.05) is 17.7 Å². The molecule has 0 saturated heterocycles. The summed E-state index contributed by atoms with van der Waals surface area (Å²) in [5.41, 5.74) is 3.69. The number of rotatable bonds is 4. The monoisotopic (exact) mass is 286 g/mol. The van der Waals surface area contributed by atoms with Gasteiger partial charge in [0.15, 0.2) is 0 Å². The molecule has 0 saturated carbocycles. The normalized spacial score (nSPS) is 11.8. The molecule has 0 aliphatic carbocycles. The molecule has 0 fully saturated rings. The first-order chi connectivity index (χ1) is 9.95. The summed E-state index contributed by atoms with van der Waals surface area (Å²) in [5.74, 6) is -0.431. The van der Waals surface area contributed by atoms with Crippen molar-refractivity contribution in [3.63, 3.8) is 0 Å². The summed E-state index contributed by atoms with van der Waals surface area (Å²) < 4.78 is 12.8. The van der Waals surface area contributed by atoms with Crippen molar-refractivity contribution in [3.05, 3.63) is 59.4 Å². The minimum absolute atomic E-state index is 0.133. The highest BCUT2D eigenvalue weighted by Crippen LogP contribution is 2.17. The maximum absolute atomic E-state index is 12.8. The summed E-state index contributed by atoms with van der Waals surface area (Å²) in [7, 11) is 0. The molecule has 3 nitrogen and oxygen atoms in total. The second kappa shape index (κ2) is 6.39. The molecular formula is C17H19FN2O. The average Bonchev–Trinajstić information content (AvgIpc) is 2.44. The Bertz CT molecular complexity index is 638. The zero-order valence-corrected chi connectivity index (χ0v) is 12.4. The van der Waals surface area contributed by atoms with E-state index in [0.29, 0.717) is 5.69 Å². The Morgan fingerprint density at radius 2 is 1.76 bits per heavy atom.